The summed E-state index contributed by atoms with van der Waals surface area (Å²) in [5.74, 6) is 0.391. The zero-order valence-electron chi connectivity index (χ0n) is 14.1. The summed E-state index contributed by atoms with van der Waals surface area (Å²) in [6.45, 7) is 5.81. The van der Waals surface area contributed by atoms with Crippen LogP contribution in [0.15, 0.2) is 24.3 Å². The number of hydrogen-bond donors (Lipinski definition) is 2. The van der Waals surface area contributed by atoms with E-state index in [0.717, 1.165) is 52.1 Å². The number of carbonyl (C=O) groups excluding carboxylic acids is 1. The number of benzene rings is 1. The molecule has 1 saturated carbocycles. The average molecular weight is 320 g/mol. The molecule has 0 aliphatic heterocycles. The fourth-order valence-corrected chi connectivity index (χ4v) is 3.05. The lowest BCUT2D eigenvalue weighted by Crippen LogP contribution is -2.14. The van der Waals surface area contributed by atoms with Gasteiger partial charge in [-0.3, -0.25) is 14.9 Å². The first-order chi connectivity index (χ1) is 11.5. The van der Waals surface area contributed by atoms with Crippen LogP contribution in [0.1, 0.15) is 51.8 Å². The Balaban J connectivity index is 1.81. The van der Waals surface area contributed by atoms with Gasteiger partial charge in [0.15, 0.2) is 0 Å². The summed E-state index contributed by atoms with van der Waals surface area (Å²) in [6.07, 6.45) is 2.32. The number of H-pyrrole nitrogens is 1. The van der Waals surface area contributed by atoms with Gasteiger partial charge in [0.2, 0.25) is 0 Å². The summed E-state index contributed by atoms with van der Waals surface area (Å²) in [5, 5.41) is 11.0. The molecule has 5 nitrogen and oxygen atoms in total. The van der Waals surface area contributed by atoms with Gasteiger partial charge in [0, 0.05) is 17.0 Å². The van der Waals surface area contributed by atoms with Crippen molar-refractivity contribution in [1.29, 1.82) is 0 Å². The molecule has 0 spiro atoms. The molecule has 0 saturated heterocycles. The normalized spacial score (nSPS) is 14.1. The standard InChI is InChI=1S/C19H20N4O/c1-10-4-7-16-14(8-10)15(9-17(20-16)13-5-6-13)19(24)21-18-11(2)22-23-12(18)3/h4,7-9,13H,5-6H2,1-3H3,(H,21,24)(H,22,23). The summed E-state index contributed by atoms with van der Waals surface area (Å²) in [6, 6.07) is 8.03. The molecule has 2 N–H and O–H groups in total. The summed E-state index contributed by atoms with van der Waals surface area (Å²) in [4.78, 5) is 17.7. The molecule has 3 aromatic rings. The second kappa shape index (κ2) is 5.44. The largest absolute Gasteiger partial charge is 0.319 e. The van der Waals surface area contributed by atoms with Crippen molar-refractivity contribution in [3.63, 3.8) is 0 Å². The molecule has 0 unspecified atom stereocenters. The zero-order chi connectivity index (χ0) is 16.8. The summed E-state index contributed by atoms with van der Waals surface area (Å²) in [5.41, 5.74) is 6.12. The van der Waals surface area contributed by atoms with E-state index in [2.05, 4.69) is 15.5 Å². The van der Waals surface area contributed by atoms with E-state index in [4.69, 9.17) is 4.98 Å². The van der Waals surface area contributed by atoms with Crippen molar-refractivity contribution < 1.29 is 4.79 Å². The minimum Gasteiger partial charge on any atom is -0.319 e. The van der Waals surface area contributed by atoms with Crippen LogP contribution in [0.2, 0.25) is 0 Å². The quantitative estimate of drug-likeness (QED) is 0.766. The fourth-order valence-electron chi connectivity index (χ4n) is 3.05. The highest BCUT2D eigenvalue weighted by molar-refractivity contribution is 6.12. The number of nitrogens with one attached hydrogen (secondary N) is 2. The number of carbonyl (C=O) groups is 1. The monoisotopic (exact) mass is 320 g/mol. The molecule has 1 fully saturated rings. The molecule has 2 heterocycles. The molecule has 1 aliphatic rings. The molecule has 122 valence electrons. The third-order valence-corrected chi connectivity index (χ3v) is 4.59. The van der Waals surface area contributed by atoms with E-state index < -0.39 is 0 Å². The number of amides is 1. The van der Waals surface area contributed by atoms with Crippen molar-refractivity contribution in [1.82, 2.24) is 15.2 Å². The summed E-state index contributed by atoms with van der Waals surface area (Å²) >= 11 is 0. The van der Waals surface area contributed by atoms with E-state index in [1.54, 1.807) is 0 Å². The lowest BCUT2D eigenvalue weighted by molar-refractivity contribution is 0.102. The third kappa shape index (κ3) is 2.56. The minimum atomic E-state index is -0.109. The number of pyridine rings is 1. The first-order valence-corrected chi connectivity index (χ1v) is 8.27. The van der Waals surface area contributed by atoms with Gasteiger partial charge in [-0.2, -0.15) is 5.10 Å². The molecule has 2 aromatic heterocycles. The molecule has 1 aromatic carbocycles. The van der Waals surface area contributed by atoms with Crippen LogP contribution in [-0.2, 0) is 0 Å². The Hall–Kier alpha value is -2.69. The van der Waals surface area contributed by atoms with E-state index in [0.29, 0.717) is 11.5 Å². The first-order valence-electron chi connectivity index (χ1n) is 8.27. The molecule has 5 heteroatoms. The number of hydrogen-bond acceptors (Lipinski definition) is 3. The number of aromatic amines is 1. The van der Waals surface area contributed by atoms with Crippen LogP contribution < -0.4 is 5.32 Å². The Labute approximate surface area is 140 Å². The van der Waals surface area contributed by atoms with Crippen molar-refractivity contribution in [2.24, 2.45) is 0 Å². The van der Waals surface area contributed by atoms with Gasteiger partial charge in [-0.05, 0) is 51.8 Å². The highest BCUT2D eigenvalue weighted by Gasteiger charge is 2.27. The van der Waals surface area contributed by atoms with Gasteiger partial charge in [-0.1, -0.05) is 11.6 Å². The molecule has 1 amide bonds. The maximum atomic E-state index is 13.0. The van der Waals surface area contributed by atoms with Crippen molar-refractivity contribution in [2.75, 3.05) is 5.32 Å². The molecule has 1 aliphatic carbocycles. The molecule has 4 rings (SSSR count). The van der Waals surface area contributed by atoms with Crippen LogP contribution >= 0.6 is 0 Å². The Bertz CT molecular complexity index is 934. The number of nitrogens with zero attached hydrogens (tertiary/aromatic N) is 2. The number of aromatic nitrogens is 3. The molecule has 0 atom stereocenters. The number of rotatable bonds is 3. The number of anilines is 1. The number of fused-ring (bicyclic) bond motifs is 1. The van der Waals surface area contributed by atoms with E-state index in [1.807, 2.05) is 45.0 Å². The lowest BCUT2D eigenvalue weighted by Gasteiger charge is -2.11. The van der Waals surface area contributed by atoms with E-state index in [-0.39, 0.29) is 5.91 Å². The molecular formula is C19H20N4O. The van der Waals surface area contributed by atoms with Crippen LogP contribution in [0, 0.1) is 20.8 Å². The van der Waals surface area contributed by atoms with E-state index >= 15 is 0 Å². The second-order valence-corrected chi connectivity index (χ2v) is 6.65. The molecule has 24 heavy (non-hydrogen) atoms. The van der Waals surface area contributed by atoms with Crippen molar-refractivity contribution >= 4 is 22.5 Å². The van der Waals surface area contributed by atoms with Gasteiger partial charge in [-0.15, -0.1) is 0 Å². The first kappa shape index (κ1) is 14.9. The lowest BCUT2D eigenvalue weighted by atomic mass is 10.0. The third-order valence-electron chi connectivity index (χ3n) is 4.59. The van der Waals surface area contributed by atoms with Crippen molar-refractivity contribution in [3.05, 3.63) is 52.5 Å². The Morgan fingerprint density at radius 3 is 2.67 bits per heavy atom. The van der Waals surface area contributed by atoms with Crippen LogP contribution in [0.25, 0.3) is 10.9 Å². The minimum absolute atomic E-state index is 0.109. The van der Waals surface area contributed by atoms with Gasteiger partial charge >= 0.3 is 0 Å². The predicted molar refractivity (Wildman–Crippen MR) is 94.5 cm³/mol. The maximum Gasteiger partial charge on any atom is 0.256 e. The highest BCUT2D eigenvalue weighted by atomic mass is 16.1. The maximum absolute atomic E-state index is 13.0. The molecular weight excluding hydrogens is 300 g/mol. The molecule has 0 radical (unpaired) electrons. The van der Waals surface area contributed by atoms with Gasteiger partial charge in [0.05, 0.1) is 28.2 Å². The second-order valence-electron chi connectivity index (χ2n) is 6.65. The van der Waals surface area contributed by atoms with Crippen LogP contribution in [0.5, 0.6) is 0 Å². The Morgan fingerprint density at radius 2 is 2.00 bits per heavy atom. The highest BCUT2D eigenvalue weighted by Crippen LogP contribution is 2.40. The van der Waals surface area contributed by atoms with Crippen LogP contribution in [0.3, 0.4) is 0 Å². The zero-order valence-corrected chi connectivity index (χ0v) is 14.1. The SMILES string of the molecule is Cc1ccc2nc(C3CC3)cc(C(=O)Nc3c(C)n[nH]c3C)c2c1. The van der Waals surface area contributed by atoms with Crippen molar-refractivity contribution in [2.45, 2.75) is 39.5 Å². The fraction of sp³-hybridized carbons (Fsp3) is 0.316. The topological polar surface area (TPSA) is 70.7 Å². The van der Waals surface area contributed by atoms with Gasteiger partial charge < -0.3 is 5.32 Å². The average Bonchev–Trinajstić information content (AvgIpc) is 3.36. The van der Waals surface area contributed by atoms with Gasteiger partial charge in [0.1, 0.15) is 0 Å². The Morgan fingerprint density at radius 1 is 1.21 bits per heavy atom. The van der Waals surface area contributed by atoms with Gasteiger partial charge in [-0.25, -0.2) is 0 Å². The smallest absolute Gasteiger partial charge is 0.256 e. The number of aryl methyl sites for hydroxylation is 3. The summed E-state index contributed by atoms with van der Waals surface area (Å²) in [7, 11) is 0. The van der Waals surface area contributed by atoms with E-state index in [1.165, 1.54) is 0 Å². The Kier molecular flexibility index (Phi) is 3.37. The van der Waals surface area contributed by atoms with E-state index in [9.17, 15) is 4.79 Å². The van der Waals surface area contributed by atoms with Crippen LogP contribution in [-0.4, -0.2) is 21.1 Å². The summed E-state index contributed by atoms with van der Waals surface area (Å²) < 4.78 is 0. The van der Waals surface area contributed by atoms with Crippen molar-refractivity contribution in [3.8, 4) is 0 Å². The molecule has 0 bridgehead atoms. The predicted octanol–water partition coefficient (Wildman–Crippen LogP) is 4.01. The van der Waals surface area contributed by atoms with Gasteiger partial charge in [0.25, 0.3) is 5.91 Å². The van der Waals surface area contributed by atoms with Crippen LogP contribution in [0.4, 0.5) is 5.69 Å².